The van der Waals surface area contributed by atoms with Crippen molar-refractivity contribution in [2.24, 2.45) is 5.73 Å². The van der Waals surface area contributed by atoms with Crippen LogP contribution in [0.1, 0.15) is 81.1 Å². The molecule has 0 unspecified atom stereocenters. The van der Waals surface area contributed by atoms with Crippen molar-refractivity contribution in [3.8, 4) is 0 Å². The van der Waals surface area contributed by atoms with Crippen LogP contribution in [0, 0.1) is 0 Å². The number of nitrogens with zero attached hydrogens (tertiary/aromatic N) is 4. The highest BCUT2D eigenvalue weighted by Gasteiger charge is 2.46. The van der Waals surface area contributed by atoms with Gasteiger partial charge in [-0.25, -0.2) is 0 Å². The van der Waals surface area contributed by atoms with Gasteiger partial charge in [0, 0.05) is 51.9 Å². The van der Waals surface area contributed by atoms with Gasteiger partial charge in [0.25, 0.3) is 0 Å². The fourth-order valence-electron chi connectivity index (χ4n) is 8.93. The molecular weight excluding hydrogens is 969 g/mol. The first kappa shape index (κ1) is 59.0. The van der Waals surface area contributed by atoms with Crippen LogP contribution in [0.3, 0.4) is 0 Å². The normalized spacial score (nSPS) is 27.0. The van der Waals surface area contributed by atoms with Gasteiger partial charge in [0.15, 0.2) is 0 Å². The molecule has 4 fully saturated rings. The molecule has 4 saturated heterocycles. The summed E-state index contributed by atoms with van der Waals surface area (Å²) in [6.45, 7) is 9.39. The highest BCUT2D eigenvalue weighted by atomic mass is 16.4. The Labute approximate surface area is 420 Å². The molecule has 0 radical (unpaired) electrons. The van der Waals surface area contributed by atoms with E-state index in [-0.39, 0.29) is 51.9 Å². The molecule has 4 aliphatic rings. The van der Waals surface area contributed by atoms with Crippen LogP contribution in [0.5, 0.6) is 0 Å². The maximum absolute atomic E-state index is 13.7. The molecule has 0 aromatic carbocycles. The number of amides is 11. The highest BCUT2D eigenvalue weighted by molar-refractivity contribution is 5.99. The Kier molecular flexibility index (Phi) is 20.1. The van der Waals surface area contributed by atoms with Crippen LogP contribution >= 0.6 is 0 Å². The van der Waals surface area contributed by atoms with Gasteiger partial charge in [-0.05, 0) is 55.4 Å². The maximum atomic E-state index is 13.7. The average molecular weight is 1040 g/mol. The average Bonchev–Trinajstić information content (AvgIpc) is 4.12. The molecule has 4 rings (SSSR count). The Morgan fingerprint density at radius 2 is 0.589 bits per heavy atom. The predicted molar refractivity (Wildman–Crippen MR) is 249 cm³/mol. The first-order chi connectivity index (χ1) is 33.9. The van der Waals surface area contributed by atoms with Crippen molar-refractivity contribution in [1.29, 1.82) is 0 Å². The molecule has 73 heavy (non-hydrogen) atoms. The summed E-state index contributed by atoms with van der Waals surface area (Å²) in [5, 5.41) is 67.3. The molecule has 0 bridgehead atoms. The second-order valence-electron chi connectivity index (χ2n) is 19.3. The third-order valence-corrected chi connectivity index (χ3v) is 13.0. The van der Waals surface area contributed by atoms with E-state index in [1.54, 1.807) is 0 Å². The number of carboxylic acid groups (broad SMARTS) is 1. The number of carboxylic acids is 1. The number of nitrogens with one attached hydrogen (secondary N) is 7. The summed E-state index contributed by atoms with van der Waals surface area (Å²) in [6, 6.07) is -15.0. The summed E-state index contributed by atoms with van der Waals surface area (Å²) in [4.78, 5) is 161. The van der Waals surface area contributed by atoms with Gasteiger partial charge in [-0.1, -0.05) is 0 Å². The Morgan fingerprint density at radius 3 is 0.808 bits per heavy atom. The van der Waals surface area contributed by atoms with Crippen molar-refractivity contribution in [2.75, 3.05) is 26.2 Å². The summed E-state index contributed by atoms with van der Waals surface area (Å²) < 4.78 is 0. The summed E-state index contributed by atoms with van der Waals surface area (Å²) in [7, 11) is 0. The molecule has 0 aliphatic carbocycles. The number of aliphatic carboxylic acids is 1. The summed E-state index contributed by atoms with van der Waals surface area (Å²) in [5.41, 5.74) is 5.68. The molecule has 0 aromatic heterocycles. The number of nitrogens with two attached hydrogens (primary N) is 1. The predicted octanol–water partition coefficient (Wildman–Crippen LogP) is -8.20. The van der Waals surface area contributed by atoms with Gasteiger partial charge in [0.2, 0.25) is 65.0 Å². The van der Waals surface area contributed by atoms with Gasteiger partial charge in [-0.2, -0.15) is 0 Å². The molecule has 29 nitrogen and oxygen atoms in total. The van der Waals surface area contributed by atoms with Gasteiger partial charge >= 0.3 is 5.97 Å². The van der Waals surface area contributed by atoms with Gasteiger partial charge in [0.1, 0.15) is 66.5 Å². The molecule has 29 heteroatoms. The van der Waals surface area contributed by atoms with Crippen molar-refractivity contribution in [1.82, 2.24) is 56.8 Å². The molecular formula is C44H70N12O17. The lowest BCUT2D eigenvalue weighted by atomic mass is 10.1. The highest BCUT2D eigenvalue weighted by Crippen LogP contribution is 2.23. The van der Waals surface area contributed by atoms with Crippen molar-refractivity contribution < 1.29 is 83.1 Å². The number of aliphatic hydroxyl groups excluding tert-OH is 4. The first-order valence-electron chi connectivity index (χ1n) is 24.0. The van der Waals surface area contributed by atoms with Crippen LogP contribution in [-0.2, 0) is 57.5 Å². The molecule has 16 atom stereocenters. The Balaban J connectivity index is 1.28. The van der Waals surface area contributed by atoms with E-state index in [4.69, 9.17) is 10.8 Å². The van der Waals surface area contributed by atoms with Crippen LogP contribution < -0.4 is 43.0 Å². The van der Waals surface area contributed by atoms with E-state index in [1.807, 2.05) is 0 Å². The molecule has 408 valence electrons. The van der Waals surface area contributed by atoms with E-state index in [0.29, 0.717) is 0 Å². The lowest BCUT2D eigenvalue weighted by Gasteiger charge is -2.30. The zero-order valence-electron chi connectivity index (χ0n) is 41.9. The Hall–Kier alpha value is -6.56. The van der Waals surface area contributed by atoms with E-state index in [2.05, 4.69) is 37.2 Å². The second kappa shape index (κ2) is 24.9. The Morgan fingerprint density at radius 1 is 0.370 bits per heavy atom. The van der Waals surface area contributed by atoms with Crippen molar-refractivity contribution in [3.63, 3.8) is 0 Å². The third-order valence-electron chi connectivity index (χ3n) is 13.0. The third kappa shape index (κ3) is 14.8. The number of carbonyl (C=O) groups is 12. The first-order valence-corrected chi connectivity index (χ1v) is 24.0. The number of aliphatic hydroxyl groups is 4. The van der Waals surface area contributed by atoms with Crippen LogP contribution in [0.15, 0.2) is 0 Å². The molecule has 4 aliphatic heterocycles. The topological polar surface area (TPSA) is 429 Å². The van der Waals surface area contributed by atoms with Crippen molar-refractivity contribution >= 4 is 70.9 Å². The minimum Gasteiger partial charge on any atom is -0.480 e. The second-order valence-corrected chi connectivity index (χ2v) is 19.3. The number of β-amino-alcohol motifs (C(OH)–C–C–N with tert-alkyl or cyclic N) is 4. The number of hydrogen-bond donors (Lipinski definition) is 13. The van der Waals surface area contributed by atoms with E-state index in [9.17, 15) is 78.0 Å². The number of likely N-dealkylation sites (tertiary alicyclic amines) is 4. The van der Waals surface area contributed by atoms with E-state index < -0.39 is 168 Å². The minimum atomic E-state index is -1.34. The quantitative estimate of drug-likeness (QED) is 0.0571. The van der Waals surface area contributed by atoms with Gasteiger partial charge in [-0.15, -0.1) is 0 Å². The van der Waals surface area contributed by atoms with Gasteiger partial charge in [0.05, 0.1) is 30.5 Å². The molecule has 4 heterocycles. The summed E-state index contributed by atoms with van der Waals surface area (Å²) in [6.07, 6.45) is -5.20. The minimum absolute atomic E-state index is 0.0857. The summed E-state index contributed by atoms with van der Waals surface area (Å²) in [5.74, 6) is -10.1. The monoisotopic (exact) mass is 1040 g/mol. The van der Waals surface area contributed by atoms with Crippen molar-refractivity contribution in [3.05, 3.63) is 0 Å². The number of hydrogen-bond acceptors (Lipinski definition) is 17. The van der Waals surface area contributed by atoms with Crippen LogP contribution in [0.25, 0.3) is 0 Å². The van der Waals surface area contributed by atoms with E-state index in [1.165, 1.54) is 55.4 Å². The van der Waals surface area contributed by atoms with Crippen LogP contribution in [-0.4, -0.2) is 239 Å². The fraction of sp³-hybridized carbons (Fsp3) is 0.727. The maximum Gasteiger partial charge on any atom is 0.325 e. The zero-order valence-corrected chi connectivity index (χ0v) is 41.9. The van der Waals surface area contributed by atoms with Crippen LogP contribution in [0.4, 0.5) is 0 Å². The lowest BCUT2D eigenvalue weighted by molar-refractivity contribution is -0.144. The SMILES string of the molecule is C[C@H](N)C(=O)N1C[C@H](O)C[C@H]1C(=O)N[C@@H](C)C(=O)N[C@@H](C)C(=O)N1C[C@H](O)C[C@H]1C(=O)N[C@@H](C)C(=O)N[C@@H](C)C(=O)N1C[C@H](O)C[C@H]1C(=O)N[C@@H](C)C(=O)N[C@@H](C)C(=O)N1C[C@H](O)C[C@H]1C(=O)N[C@@H](C)C(=O)O. The fourth-order valence-corrected chi connectivity index (χ4v) is 8.93. The smallest absolute Gasteiger partial charge is 0.325 e. The van der Waals surface area contributed by atoms with Gasteiger partial charge in [-0.3, -0.25) is 57.5 Å². The largest absolute Gasteiger partial charge is 0.480 e. The van der Waals surface area contributed by atoms with Crippen LogP contribution in [0.2, 0.25) is 0 Å². The molecule has 0 aromatic rings. The molecule has 0 spiro atoms. The lowest BCUT2D eigenvalue weighted by Crippen LogP contribution is -2.59. The van der Waals surface area contributed by atoms with Gasteiger partial charge < -0.3 is 88.1 Å². The molecule has 0 saturated carbocycles. The van der Waals surface area contributed by atoms with Crippen molar-refractivity contribution in [2.45, 2.75) is 178 Å². The number of rotatable bonds is 19. The number of carbonyl (C=O) groups excluding carboxylic acids is 11. The zero-order chi connectivity index (χ0) is 55.1. The molecule has 11 amide bonds. The van der Waals surface area contributed by atoms with E-state index in [0.717, 1.165) is 19.6 Å². The summed E-state index contributed by atoms with van der Waals surface area (Å²) >= 11 is 0. The molecule has 14 N–H and O–H groups in total. The van der Waals surface area contributed by atoms with E-state index >= 15 is 0 Å². The standard InChI is InChI=1S/C44H70N12O17/c1-17(45)40(68)53-13-25(57)9-29(53)36(64)46-18(2)33(61)49-21(5)41(69)54-14-26(58)10-30(54)37(65)47-19(3)34(62)50-22(6)42(70)55-15-27(59)11-31(55)38(66)48-20(4)35(63)51-23(7)43(71)56-16-28(60)12-32(56)39(67)52-24(8)44(72)73/h17-32,57-60H,9-16,45H2,1-8H3,(H,46,64)(H,47,65)(H,48,66)(H,49,61)(H,50,62)(H,51,63)(H,52,67)(H,72,73)/t17-,18-,19-,20-,21-,22-,23-,24-,25+,26+,27+,28+,29-,30-,31-,32-/m0/s1. The Bertz CT molecular complexity index is 2170.